The van der Waals surface area contributed by atoms with Crippen LogP contribution in [0.2, 0.25) is 0 Å². The smallest absolute Gasteiger partial charge is 0.269 e. The van der Waals surface area contributed by atoms with Crippen LogP contribution in [-0.4, -0.2) is 25.0 Å². The predicted molar refractivity (Wildman–Crippen MR) is 79.9 cm³/mol. The second-order valence-electron chi connectivity index (χ2n) is 4.52. The van der Waals surface area contributed by atoms with Crippen molar-refractivity contribution in [1.82, 2.24) is 4.98 Å². The molecule has 1 aromatic carbocycles. The maximum absolute atomic E-state index is 13.0. The van der Waals surface area contributed by atoms with E-state index in [1.165, 1.54) is 29.5 Å². The molecule has 0 saturated heterocycles. The molecule has 2 rings (SSSR count). The quantitative estimate of drug-likeness (QED) is 0.912. The Bertz CT molecular complexity index is 654. The summed E-state index contributed by atoms with van der Waals surface area (Å²) < 4.78 is 13.0. The Labute approximate surface area is 120 Å². The Morgan fingerprint density at radius 3 is 2.70 bits per heavy atom. The molecule has 0 spiro atoms. The zero-order chi connectivity index (χ0) is 14.9. The van der Waals surface area contributed by atoms with E-state index in [4.69, 9.17) is 5.73 Å². The van der Waals surface area contributed by atoms with E-state index in [-0.39, 0.29) is 17.5 Å². The number of nitrogen functional groups attached to an aromatic ring is 1. The molecule has 7 heteroatoms. The fourth-order valence-corrected chi connectivity index (χ4v) is 2.42. The van der Waals surface area contributed by atoms with Crippen molar-refractivity contribution in [2.45, 2.75) is 6.92 Å². The first-order valence-corrected chi connectivity index (χ1v) is 6.71. The molecular formula is C13H15FN4OS. The van der Waals surface area contributed by atoms with Crippen LogP contribution in [0.15, 0.2) is 18.2 Å². The fourth-order valence-electron chi connectivity index (χ4n) is 1.62. The normalized spacial score (nSPS) is 10.4. The van der Waals surface area contributed by atoms with Gasteiger partial charge in [-0.15, -0.1) is 0 Å². The van der Waals surface area contributed by atoms with Crippen molar-refractivity contribution >= 4 is 33.9 Å². The van der Waals surface area contributed by atoms with Gasteiger partial charge in [0.25, 0.3) is 5.91 Å². The maximum Gasteiger partial charge on any atom is 0.269 e. The highest BCUT2D eigenvalue weighted by atomic mass is 32.1. The summed E-state index contributed by atoms with van der Waals surface area (Å²) in [6.07, 6.45) is 0. The van der Waals surface area contributed by atoms with Crippen LogP contribution < -0.4 is 16.0 Å². The van der Waals surface area contributed by atoms with Crippen molar-refractivity contribution in [3.63, 3.8) is 0 Å². The number of halogens is 1. The Kier molecular flexibility index (Phi) is 3.89. The number of anilines is 3. The molecule has 1 amide bonds. The van der Waals surface area contributed by atoms with Gasteiger partial charge < -0.3 is 16.0 Å². The van der Waals surface area contributed by atoms with Crippen molar-refractivity contribution in [3.05, 3.63) is 34.5 Å². The van der Waals surface area contributed by atoms with Gasteiger partial charge in [0.05, 0.1) is 0 Å². The van der Waals surface area contributed by atoms with Gasteiger partial charge in [-0.2, -0.15) is 0 Å². The second-order valence-corrected chi connectivity index (χ2v) is 5.50. The number of nitrogens with zero attached hydrogens (tertiary/aromatic N) is 2. The molecule has 0 unspecified atom stereocenters. The molecule has 1 heterocycles. The number of hydrogen-bond donors (Lipinski definition) is 2. The highest BCUT2D eigenvalue weighted by Crippen LogP contribution is 2.28. The van der Waals surface area contributed by atoms with Gasteiger partial charge in [0.2, 0.25) is 0 Å². The largest absolute Gasteiger partial charge is 0.382 e. The Morgan fingerprint density at radius 1 is 1.45 bits per heavy atom. The molecule has 3 N–H and O–H groups in total. The van der Waals surface area contributed by atoms with Crippen molar-refractivity contribution in [2.24, 2.45) is 0 Å². The van der Waals surface area contributed by atoms with E-state index in [0.29, 0.717) is 21.3 Å². The zero-order valence-corrected chi connectivity index (χ0v) is 12.2. The van der Waals surface area contributed by atoms with Crippen LogP contribution >= 0.6 is 11.3 Å². The van der Waals surface area contributed by atoms with Gasteiger partial charge in [-0.05, 0) is 30.7 Å². The molecule has 0 saturated carbocycles. The van der Waals surface area contributed by atoms with Gasteiger partial charge in [0.1, 0.15) is 16.5 Å². The number of hydrogen-bond acceptors (Lipinski definition) is 5. The minimum absolute atomic E-state index is 0.191. The van der Waals surface area contributed by atoms with Gasteiger partial charge >= 0.3 is 0 Å². The topological polar surface area (TPSA) is 71.2 Å². The first-order chi connectivity index (χ1) is 9.38. The van der Waals surface area contributed by atoms with Gasteiger partial charge in [-0.1, -0.05) is 11.3 Å². The molecule has 5 nitrogen and oxygen atoms in total. The van der Waals surface area contributed by atoms with Crippen LogP contribution in [0.3, 0.4) is 0 Å². The molecule has 0 fully saturated rings. The fraction of sp³-hybridized carbons (Fsp3) is 0.231. The van der Waals surface area contributed by atoms with Crippen LogP contribution in [0.1, 0.15) is 15.2 Å². The third kappa shape index (κ3) is 2.88. The summed E-state index contributed by atoms with van der Waals surface area (Å²) >= 11 is 1.21. The lowest BCUT2D eigenvalue weighted by atomic mass is 10.2. The van der Waals surface area contributed by atoms with Crippen LogP contribution in [0.4, 0.5) is 21.0 Å². The second kappa shape index (κ2) is 5.46. The first kappa shape index (κ1) is 14.3. The number of aromatic nitrogens is 1. The van der Waals surface area contributed by atoms with Crippen molar-refractivity contribution < 1.29 is 9.18 Å². The summed E-state index contributed by atoms with van der Waals surface area (Å²) in [7, 11) is 3.65. The molecule has 0 atom stereocenters. The summed E-state index contributed by atoms with van der Waals surface area (Å²) in [5.41, 5.74) is 6.95. The number of amides is 1. The van der Waals surface area contributed by atoms with Crippen LogP contribution in [0.5, 0.6) is 0 Å². The average molecular weight is 294 g/mol. The van der Waals surface area contributed by atoms with Gasteiger partial charge in [-0.3, -0.25) is 4.79 Å². The standard InChI is InChI=1S/C13H15FN4OS/c1-7-6-8(14)4-5-9(7)16-12(19)10-11(15)17-13(20-10)18(2)3/h4-6H,15H2,1-3H3,(H,16,19). The monoisotopic (exact) mass is 294 g/mol. The van der Waals surface area contributed by atoms with E-state index in [1.54, 1.807) is 11.8 Å². The third-order valence-corrected chi connectivity index (χ3v) is 3.91. The first-order valence-electron chi connectivity index (χ1n) is 5.89. The molecule has 0 aliphatic carbocycles. The molecule has 1 aromatic heterocycles. The Balaban J connectivity index is 2.24. The van der Waals surface area contributed by atoms with Crippen molar-refractivity contribution in [2.75, 3.05) is 30.0 Å². The molecule has 2 aromatic rings. The molecule has 0 aliphatic heterocycles. The average Bonchev–Trinajstić information content (AvgIpc) is 2.75. The number of carbonyl (C=O) groups excluding carboxylic acids is 1. The van der Waals surface area contributed by atoms with E-state index in [9.17, 15) is 9.18 Å². The van der Waals surface area contributed by atoms with E-state index in [1.807, 2.05) is 14.1 Å². The highest BCUT2D eigenvalue weighted by Gasteiger charge is 2.17. The maximum atomic E-state index is 13.0. The molecule has 0 aliphatic rings. The minimum Gasteiger partial charge on any atom is -0.382 e. The van der Waals surface area contributed by atoms with E-state index < -0.39 is 0 Å². The zero-order valence-electron chi connectivity index (χ0n) is 11.4. The van der Waals surface area contributed by atoms with Crippen LogP contribution in [0, 0.1) is 12.7 Å². The van der Waals surface area contributed by atoms with E-state index >= 15 is 0 Å². The van der Waals surface area contributed by atoms with Gasteiger partial charge in [-0.25, -0.2) is 9.37 Å². The molecule has 20 heavy (non-hydrogen) atoms. The summed E-state index contributed by atoms with van der Waals surface area (Å²) in [4.78, 5) is 18.4. The number of benzene rings is 1. The predicted octanol–water partition coefficient (Wildman–Crippen LogP) is 2.49. The SMILES string of the molecule is Cc1cc(F)ccc1NC(=O)c1sc(N(C)C)nc1N. The molecule has 0 bridgehead atoms. The van der Waals surface area contributed by atoms with Gasteiger partial charge in [0, 0.05) is 19.8 Å². The molecular weight excluding hydrogens is 279 g/mol. The van der Waals surface area contributed by atoms with Crippen molar-refractivity contribution in [1.29, 1.82) is 0 Å². The summed E-state index contributed by atoms with van der Waals surface area (Å²) in [5.74, 6) is -0.494. The number of nitrogens with one attached hydrogen (secondary N) is 1. The Morgan fingerprint density at radius 2 is 2.15 bits per heavy atom. The van der Waals surface area contributed by atoms with E-state index in [2.05, 4.69) is 10.3 Å². The van der Waals surface area contributed by atoms with Crippen LogP contribution in [0.25, 0.3) is 0 Å². The van der Waals surface area contributed by atoms with Gasteiger partial charge in [0.15, 0.2) is 5.13 Å². The third-order valence-electron chi connectivity index (χ3n) is 2.67. The van der Waals surface area contributed by atoms with Crippen LogP contribution in [-0.2, 0) is 0 Å². The minimum atomic E-state index is -0.345. The Hall–Kier alpha value is -2.15. The number of carbonyl (C=O) groups is 1. The number of aryl methyl sites for hydroxylation is 1. The summed E-state index contributed by atoms with van der Waals surface area (Å²) in [6.45, 7) is 1.72. The number of nitrogens with two attached hydrogens (primary N) is 1. The molecule has 0 radical (unpaired) electrons. The number of thiazole rings is 1. The number of rotatable bonds is 3. The summed E-state index contributed by atoms with van der Waals surface area (Å²) in [5, 5.41) is 3.37. The summed E-state index contributed by atoms with van der Waals surface area (Å²) in [6, 6.07) is 4.17. The van der Waals surface area contributed by atoms with E-state index in [0.717, 1.165) is 0 Å². The lowest BCUT2D eigenvalue weighted by molar-refractivity contribution is 0.103. The highest BCUT2D eigenvalue weighted by molar-refractivity contribution is 7.18. The lowest BCUT2D eigenvalue weighted by Crippen LogP contribution is -2.13. The molecule has 106 valence electrons. The van der Waals surface area contributed by atoms with Crippen molar-refractivity contribution in [3.8, 4) is 0 Å². The lowest BCUT2D eigenvalue weighted by Gasteiger charge is -2.07.